The number of halogens is 2. The molecule has 1 aliphatic rings. The Morgan fingerprint density at radius 2 is 2.10 bits per heavy atom. The number of nitrogens with zero attached hydrogens (tertiary/aromatic N) is 3. The number of anilines is 1. The van der Waals surface area contributed by atoms with E-state index in [1.807, 2.05) is 13.0 Å². The first-order valence-corrected chi connectivity index (χ1v) is 7.51. The second-order valence-corrected chi connectivity index (χ2v) is 5.66. The summed E-state index contributed by atoms with van der Waals surface area (Å²) in [6.07, 6.45) is 1.61. The van der Waals surface area contributed by atoms with Crippen LogP contribution >= 0.6 is 11.6 Å². The van der Waals surface area contributed by atoms with Crippen molar-refractivity contribution in [3.63, 3.8) is 0 Å². The van der Waals surface area contributed by atoms with Crippen LogP contribution in [0.15, 0.2) is 18.2 Å². The molecule has 0 radical (unpaired) electrons. The van der Waals surface area contributed by atoms with Crippen LogP contribution in [0.5, 0.6) is 0 Å². The summed E-state index contributed by atoms with van der Waals surface area (Å²) in [6, 6.07) is 5.00. The molecule has 5 heteroatoms. The summed E-state index contributed by atoms with van der Waals surface area (Å²) in [5, 5.41) is 0.532. The molecule has 21 heavy (non-hydrogen) atoms. The zero-order chi connectivity index (χ0) is 15.0. The summed E-state index contributed by atoms with van der Waals surface area (Å²) in [5.41, 5.74) is 3.21. The van der Waals surface area contributed by atoms with Gasteiger partial charge in [-0.1, -0.05) is 24.6 Å². The molecule has 0 aliphatic carbocycles. The predicted octanol–water partition coefficient (Wildman–Crippen LogP) is 3.70. The highest BCUT2D eigenvalue weighted by Gasteiger charge is 2.21. The van der Waals surface area contributed by atoms with Gasteiger partial charge in [0.25, 0.3) is 0 Å². The molecule has 0 unspecified atom stereocenters. The lowest BCUT2D eigenvalue weighted by molar-refractivity contribution is 0.618. The average molecular weight is 306 g/mol. The molecule has 2 aromatic rings. The number of hydrogen-bond donors (Lipinski definition) is 0. The molecule has 1 aromatic heterocycles. The van der Waals surface area contributed by atoms with Crippen LogP contribution < -0.4 is 4.90 Å². The minimum Gasteiger partial charge on any atom is -0.352 e. The van der Waals surface area contributed by atoms with Gasteiger partial charge in [0.2, 0.25) is 0 Å². The molecule has 1 aromatic carbocycles. The minimum absolute atomic E-state index is 0.169. The summed E-state index contributed by atoms with van der Waals surface area (Å²) in [7, 11) is 0. The van der Waals surface area contributed by atoms with E-state index >= 15 is 0 Å². The van der Waals surface area contributed by atoms with Crippen molar-refractivity contribution in [3.8, 4) is 0 Å². The van der Waals surface area contributed by atoms with Crippen LogP contribution in [-0.4, -0.2) is 16.5 Å². The molecule has 1 aliphatic heterocycles. The smallest absolute Gasteiger partial charge is 0.138 e. The van der Waals surface area contributed by atoms with Crippen molar-refractivity contribution in [1.29, 1.82) is 0 Å². The quantitative estimate of drug-likeness (QED) is 0.792. The van der Waals surface area contributed by atoms with Gasteiger partial charge in [-0.2, -0.15) is 0 Å². The molecule has 0 N–H and O–H groups in total. The highest BCUT2D eigenvalue weighted by molar-refractivity contribution is 6.30. The molecular weight excluding hydrogens is 289 g/mol. The van der Waals surface area contributed by atoms with Crippen molar-refractivity contribution < 1.29 is 4.39 Å². The lowest BCUT2D eigenvalue weighted by atomic mass is 9.99. The molecule has 110 valence electrons. The van der Waals surface area contributed by atoms with Gasteiger partial charge in [-0.25, -0.2) is 14.4 Å². The third-order valence-electron chi connectivity index (χ3n) is 3.88. The first kappa shape index (κ1) is 14.3. The number of rotatable bonds is 2. The van der Waals surface area contributed by atoms with Crippen molar-refractivity contribution >= 4 is 17.4 Å². The van der Waals surface area contributed by atoms with Crippen molar-refractivity contribution in [2.45, 2.75) is 33.2 Å². The van der Waals surface area contributed by atoms with Gasteiger partial charge in [-0.15, -0.1) is 0 Å². The Morgan fingerprint density at radius 3 is 2.86 bits per heavy atom. The monoisotopic (exact) mass is 305 g/mol. The summed E-state index contributed by atoms with van der Waals surface area (Å²) < 4.78 is 13.3. The van der Waals surface area contributed by atoms with E-state index in [0.717, 1.165) is 48.4 Å². The van der Waals surface area contributed by atoms with E-state index in [4.69, 9.17) is 11.6 Å². The van der Waals surface area contributed by atoms with E-state index in [-0.39, 0.29) is 5.82 Å². The van der Waals surface area contributed by atoms with Crippen molar-refractivity contribution in [2.24, 2.45) is 0 Å². The minimum atomic E-state index is -0.169. The van der Waals surface area contributed by atoms with Gasteiger partial charge in [-0.05, 0) is 43.0 Å². The second kappa shape index (κ2) is 5.60. The zero-order valence-corrected chi connectivity index (χ0v) is 12.9. The van der Waals surface area contributed by atoms with Crippen LogP contribution in [0.4, 0.5) is 10.2 Å². The maximum Gasteiger partial charge on any atom is 0.138 e. The fraction of sp³-hybridized carbons (Fsp3) is 0.375. The Kier molecular flexibility index (Phi) is 3.81. The lowest BCUT2D eigenvalue weighted by Gasteiger charge is -2.31. The van der Waals surface area contributed by atoms with Gasteiger partial charge in [0.1, 0.15) is 22.6 Å². The summed E-state index contributed by atoms with van der Waals surface area (Å²) in [6.45, 7) is 5.45. The van der Waals surface area contributed by atoms with Gasteiger partial charge in [0, 0.05) is 18.7 Å². The normalized spacial score (nSPS) is 14.2. The van der Waals surface area contributed by atoms with E-state index in [1.54, 1.807) is 6.07 Å². The Bertz CT molecular complexity index is 687. The number of aromatic nitrogens is 2. The van der Waals surface area contributed by atoms with Crippen molar-refractivity contribution in [1.82, 2.24) is 9.97 Å². The van der Waals surface area contributed by atoms with Crippen LogP contribution in [0.3, 0.4) is 0 Å². The first-order chi connectivity index (χ1) is 10.1. The van der Waals surface area contributed by atoms with Crippen LogP contribution in [0.25, 0.3) is 0 Å². The molecule has 0 atom stereocenters. The van der Waals surface area contributed by atoms with Crippen LogP contribution in [0.2, 0.25) is 5.15 Å². The number of hydrogen-bond acceptors (Lipinski definition) is 3. The van der Waals surface area contributed by atoms with Gasteiger partial charge >= 0.3 is 0 Å². The largest absolute Gasteiger partial charge is 0.352 e. The van der Waals surface area contributed by atoms with Gasteiger partial charge in [0.15, 0.2) is 0 Å². The van der Waals surface area contributed by atoms with Gasteiger partial charge in [0.05, 0.1) is 0 Å². The standard InChI is InChI=1S/C16H17ClFN3/c1-3-14-15(17)19-10(2)20-16(14)21-7-6-11-8-13(18)5-4-12(11)9-21/h4-5,8H,3,6-7,9H2,1-2H3. The highest BCUT2D eigenvalue weighted by atomic mass is 35.5. The van der Waals surface area contributed by atoms with E-state index in [2.05, 4.69) is 21.8 Å². The third-order valence-corrected chi connectivity index (χ3v) is 4.19. The molecule has 0 spiro atoms. The molecule has 0 amide bonds. The van der Waals surface area contributed by atoms with E-state index in [9.17, 15) is 4.39 Å². The average Bonchev–Trinajstić information content (AvgIpc) is 2.46. The van der Waals surface area contributed by atoms with E-state index in [1.165, 1.54) is 6.07 Å². The Morgan fingerprint density at radius 1 is 1.29 bits per heavy atom. The Labute approximate surface area is 128 Å². The fourth-order valence-electron chi connectivity index (χ4n) is 2.82. The summed E-state index contributed by atoms with van der Waals surface area (Å²) in [4.78, 5) is 11.0. The zero-order valence-electron chi connectivity index (χ0n) is 12.2. The maximum atomic E-state index is 13.3. The summed E-state index contributed by atoms with van der Waals surface area (Å²) in [5.74, 6) is 1.42. The van der Waals surface area contributed by atoms with E-state index in [0.29, 0.717) is 11.0 Å². The van der Waals surface area contributed by atoms with Gasteiger partial charge in [-0.3, -0.25) is 0 Å². The lowest BCUT2D eigenvalue weighted by Crippen LogP contribution is -2.32. The topological polar surface area (TPSA) is 29.0 Å². The molecule has 3 rings (SSSR count). The van der Waals surface area contributed by atoms with Crippen LogP contribution in [0.1, 0.15) is 29.4 Å². The number of aryl methyl sites for hydroxylation is 1. The molecule has 3 nitrogen and oxygen atoms in total. The second-order valence-electron chi connectivity index (χ2n) is 5.30. The predicted molar refractivity (Wildman–Crippen MR) is 82.3 cm³/mol. The van der Waals surface area contributed by atoms with E-state index < -0.39 is 0 Å². The molecule has 0 fully saturated rings. The highest BCUT2D eigenvalue weighted by Crippen LogP contribution is 2.29. The Hall–Kier alpha value is -1.68. The Balaban J connectivity index is 1.98. The fourth-order valence-corrected chi connectivity index (χ4v) is 3.16. The SMILES string of the molecule is CCc1c(Cl)nc(C)nc1N1CCc2cc(F)ccc2C1. The molecule has 0 saturated carbocycles. The summed E-state index contributed by atoms with van der Waals surface area (Å²) >= 11 is 6.25. The number of fused-ring (bicyclic) bond motifs is 1. The van der Waals surface area contributed by atoms with Crippen molar-refractivity contribution in [2.75, 3.05) is 11.4 Å². The molecule has 0 bridgehead atoms. The van der Waals surface area contributed by atoms with Crippen LogP contribution in [-0.2, 0) is 19.4 Å². The molecular formula is C16H17ClFN3. The maximum absolute atomic E-state index is 13.3. The molecule has 2 heterocycles. The first-order valence-electron chi connectivity index (χ1n) is 7.13. The molecule has 0 saturated heterocycles. The van der Waals surface area contributed by atoms with Gasteiger partial charge < -0.3 is 4.90 Å². The van der Waals surface area contributed by atoms with Crippen LogP contribution in [0, 0.1) is 12.7 Å². The number of benzene rings is 1. The third kappa shape index (κ3) is 2.72. The van der Waals surface area contributed by atoms with Crippen molar-refractivity contribution in [3.05, 3.63) is 51.7 Å².